The topological polar surface area (TPSA) is 79.3 Å². The fourth-order valence-electron chi connectivity index (χ4n) is 3.51. The predicted molar refractivity (Wildman–Crippen MR) is 81.6 cm³/mol. The molecule has 0 bridgehead atoms. The number of anilines is 1. The van der Waals surface area contributed by atoms with Gasteiger partial charge in [0.1, 0.15) is 0 Å². The zero-order valence-electron chi connectivity index (χ0n) is 12.4. The number of amides is 2. The highest BCUT2D eigenvalue weighted by Crippen LogP contribution is 2.36. The summed E-state index contributed by atoms with van der Waals surface area (Å²) < 4.78 is 0. The first-order valence-corrected chi connectivity index (χ1v) is 7.55. The number of carbonyl (C=O) groups is 2. The van der Waals surface area contributed by atoms with Crippen molar-refractivity contribution < 1.29 is 9.59 Å². The Morgan fingerprint density at radius 3 is 2.78 bits per heavy atom. The molecule has 4 rings (SSSR count). The fraction of sp³-hybridized carbons (Fsp3) is 0.312. The van der Waals surface area contributed by atoms with E-state index in [9.17, 15) is 9.59 Å². The summed E-state index contributed by atoms with van der Waals surface area (Å²) in [7, 11) is 0. The number of fused-ring (bicyclic) bond motifs is 1. The van der Waals surface area contributed by atoms with Gasteiger partial charge in [0.15, 0.2) is 0 Å². The molecule has 7 nitrogen and oxygen atoms in total. The number of rotatable bonds is 2. The molecule has 2 aromatic rings. The molecule has 0 N–H and O–H groups in total. The minimum atomic E-state index is -0.0941. The molecule has 23 heavy (non-hydrogen) atoms. The normalized spacial score (nSPS) is 23.2. The van der Waals surface area contributed by atoms with Crippen LogP contribution < -0.4 is 4.90 Å². The molecular formula is C16H15N5O2. The predicted octanol–water partition coefficient (Wildman–Crippen LogP) is 0.892. The van der Waals surface area contributed by atoms with E-state index in [1.54, 1.807) is 28.3 Å². The molecule has 2 amide bonds. The quantitative estimate of drug-likeness (QED) is 0.823. The highest BCUT2D eigenvalue weighted by molar-refractivity contribution is 6.00. The van der Waals surface area contributed by atoms with Crippen LogP contribution in [0.5, 0.6) is 0 Å². The lowest BCUT2D eigenvalue weighted by molar-refractivity contribution is -0.117. The molecule has 0 unspecified atom stereocenters. The monoisotopic (exact) mass is 309 g/mol. The number of aromatic nitrogens is 3. The third kappa shape index (κ3) is 2.25. The maximum Gasteiger partial charge on any atom is 0.255 e. The van der Waals surface area contributed by atoms with Crippen LogP contribution in [-0.2, 0) is 4.79 Å². The molecule has 0 saturated carbocycles. The Balaban J connectivity index is 1.60. The van der Waals surface area contributed by atoms with E-state index in [0.29, 0.717) is 18.5 Å². The van der Waals surface area contributed by atoms with E-state index in [4.69, 9.17) is 0 Å². The molecule has 116 valence electrons. The second-order valence-corrected chi connectivity index (χ2v) is 5.73. The van der Waals surface area contributed by atoms with Crippen LogP contribution in [0.4, 0.5) is 5.69 Å². The van der Waals surface area contributed by atoms with Gasteiger partial charge in [-0.1, -0.05) is 0 Å². The Hall–Kier alpha value is -2.83. The van der Waals surface area contributed by atoms with Gasteiger partial charge in [-0.15, -0.1) is 0 Å². The van der Waals surface area contributed by atoms with Crippen molar-refractivity contribution in [3.63, 3.8) is 0 Å². The molecule has 2 aliphatic heterocycles. The number of pyridine rings is 1. The van der Waals surface area contributed by atoms with Crippen molar-refractivity contribution in [2.75, 3.05) is 11.4 Å². The summed E-state index contributed by atoms with van der Waals surface area (Å²) in [6.07, 6.45) is 7.47. The molecule has 0 radical (unpaired) electrons. The molecule has 2 saturated heterocycles. The Morgan fingerprint density at radius 2 is 2.04 bits per heavy atom. The summed E-state index contributed by atoms with van der Waals surface area (Å²) in [6.45, 7) is 0.639. The average molecular weight is 309 g/mol. The van der Waals surface area contributed by atoms with Crippen molar-refractivity contribution in [2.45, 2.75) is 24.9 Å². The van der Waals surface area contributed by atoms with Gasteiger partial charge in [-0.2, -0.15) is 10.2 Å². The highest BCUT2D eigenvalue weighted by atomic mass is 16.2. The largest absolute Gasteiger partial charge is 0.333 e. The average Bonchev–Trinajstić information content (AvgIpc) is 3.13. The van der Waals surface area contributed by atoms with Crippen molar-refractivity contribution in [3.05, 3.63) is 48.5 Å². The van der Waals surface area contributed by atoms with Crippen LogP contribution in [-0.4, -0.2) is 50.5 Å². The lowest BCUT2D eigenvalue weighted by Crippen LogP contribution is -2.40. The van der Waals surface area contributed by atoms with Gasteiger partial charge in [-0.05, 0) is 24.6 Å². The van der Waals surface area contributed by atoms with Gasteiger partial charge in [0.2, 0.25) is 5.91 Å². The maximum absolute atomic E-state index is 12.7. The summed E-state index contributed by atoms with van der Waals surface area (Å²) in [4.78, 5) is 32.8. The Bertz CT molecular complexity index is 737. The maximum atomic E-state index is 12.7. The van der Waals surface area contributed by atoms with Gasteiger partial charge in [0, 0.05) is 19.2 Å². The van der Waals surface area contributed by atoms with Crippen LogP contribution in [0.3, 0.4) is 0 Å². The number of hydrogen-bond acceptors (Lipinski definition) is 5. The van der Waals surface area contributed by atoms with Crippen LogP contribution in [0, 0.1) is 0 Å². The lowest BCUT2D eigenvalue weighted by Gasteiger charge is -2.25. The van der Waals surface area contributed by atoms with Gasteiger partial charge in [0.25, 0.3) is 5.91 Å². The van der Waals surface area contributed by atoms with E-state index in [1.807, 2.05) is 12.1 Å². The van der Waals surface area contributed by atoms with E-state index >= 15 is 0 Å². The smallest absolute Gasteiger partial charge is 0.255 e. The molecule has 7 heteroatoms. The minimum absolute atomic E-state index is 0.0189. The first-order valence-electron chi connectivity index (χ1n) is 7.55. The zero-order valence-corrected chi connectivity index (χ0v) is 12.4. The van der Waals surface area contributed by atoms with E-state index in [1.165, 1.54) is 12.4 Å². The van der Waals surface area contributed by atoms with Gasteiger partial charge < -0.3 is 9.80 Å². The summed E-state index contributed by atoms with van der Waals surface area (Å²) in [5, 5.41) is 7.45. The van der Waals surface area contributed by atoms with Gasteiger partial charge >= 0.3 is 0 Å². The summed E-state index contributed by atoms with van der Waals surface area (Å²) in [5.74, 6) is -0.0495. The SMILES string of the molecule is O=C(c1ccnnc1)N1CC[C@H]2[C@@H]1CC(=O)N2c1cccnc1. The van der Waals surface area contributed by atoms with Crippen LogP contribution in [0.1, 0.15) is 23.2 Å². The third-order valence-electron chi connectivity index (χ3n) is 4.51. The Labute approximate surface area is 133 Å². The minimum Gasteiger partial charge on any atom is -0.333 e. The second-order valence-electron chi connectivity index (χ2n) is 5.73. The first kappa shape index (κ1) is 13.8. The molecule has 4 heterocycles. The number of hydrogen-bond donors (Lipinski definition) is 0. The van der Waals surface area contributed by atoms with Crippen molar-refractivity contribution in [1.82, 2.24) is 20.1 Å². The summed E-state index contributed by atoms with van der Waals surface area (Å²) >= 11 is 0. The molecule has 2 fully saturated rings. The van der Waals surface area contributed by atoms with Crippen LogP contribution >= 0.6 is 0 Å². The van der Waals surface area contributed by atoms with E-state index in [2.05, 4.69) is 15.2 Å². The van der Waals surface area contributed by atoms with Crippen molar-refractivity contribution in [1.29, 1.82) is 0 Å². The van der Waals surface area contributed by atoms with Crippen molar-refractivity contribution in [2.24, 2.45) is 0 Å². The van der Waals surface area contributed by atoms with Crippen molar-refractivity contribution in [3.8, 4) is 0 Å². The van der Waals surface area contributed by atoms with Gasteiger partial charge in [0.05, 0.1) is 41.9 Å². The molecule has 2 aliphatic rings. The summed E-state index contributed by atoms with van der Waals surface area (Å²) in [5.41, 5.74) is 1.30. The molecule has 2 aromatic heterocycles. The van der Waals surface area contributed by atoms with E-state index in [0.717, 1.165) is 12.1 Å². The second kappa shape index (κ2) is 5.42. The molecule has 0 aromatic carbocycles. The fourth-order valence-corrected chi connectivity index (χ4v) is 3.51. The molecule has 0 spiro atoms. The van der Waals surface area contributed by atoms with Crippen LogP contribution in [0.2, 0.25) is 0 Å². The lowest BCUT2D eigenvalue weighted by atomic mass is 10.1. The third-order valence-corrected chi connectivity index (χ3v) is 4.51. The van der Waals surface area contributed by atoms with Gasteiger partial charge in [-0.3, -0.25) is 14.6 Å². The first-order chi connectivity index (χ1) is 11.3. The van der Waals surface area contributed by atoms with Gasteiger partial charge in [-0.25, -0.2) is 0 Å². The van der Waals surface area contributed by atoms with Crippen LogP contribution in [0.15, 0.2) is 43.0 Å². The molecule has 0 aliphatic carbocycles. The highest BCUT2D eigenvalue weighted by Gasteiger charge is 2.49. The molecule has 2 atom stereocenters. The van der Waals surface area contributed by atoms with E-state index in [-0.39, 0.29) is 23.9 Å². The molecular weight excluding hydrogens is 294 g/mol. The zero-order chi connectivity index (χ0) is 15.8. The van der Waals surface area contributed by atoms with E-state index < -0.39 is 0 Å². The summed E-state index contributed by atoms with van der Waals surface area (Å²) in [6, 6.07) is 5.27. The number of nitrogens with zero attached hydrogens (tertiary/aromatic N) is 5. The van der Waals surface area contributed by atoms with Crippen molar-refractivity contribution >= 4 is 17.5 Å². The Morgan fingerprint density at radius 1 is 1.13 bits per heavy atom. The number of carbonyl (C=O) groups excluding carboxylic acids is 2. The van der Waals surface area contributed by atoms with Crippen LogP contribution in [0.25, 0.3) is 0 Å². The number of likely N-dealkylation sites (tertiary alicyclic amines) is 1. The standard InChI is InChI=1S/C16H15N5O2/c22-15-8-14-13(21(15)12-2-1-5-17-10-12)4-7-20(14)16(23)11-3-6-18-19-9-11/h1-3,5-6,9-10,13-14H,4,7-8H2/t13-,14-/m0/s1. The Kier molecular flexibility index (Phi) is 3.25.